The van der Waals surface area contributed by atoms with E-state index < -0.39 is 0 Å². The lowest BCUT2D eigenvalue weighted by atomic mass is 9.93. The van der Waals surface area contributed by atoms with Gasteiger partial charge in [-0.15, -0.1) is 5.10 Å². The van der Waals surface area contributed by atoms with E-state index >= 15 is 0 Å². The Morgan fingerprint density at radius 3 is 3.21 bits per heavy atom. The highest BCUT2D eigenvalue weighted by Crippen LogP contribution is 2.34. The first-order valence-electron chi connectivity index (χ1n) is 6.62. The highest BCUT2D eigenvalue weighted by atomic mass is 16.5. The highest BCUT2D eigenvalue weighted by Gasteiger charge is 2.21. The number of nitrogens with zero attached hydrogens (tertiary/aromatic N) is 3. The van der Waals surface area contributed by atoms with Gasteiger partial charge >= 0.3 is 0 Å². The predicted molar refractivity (Wildman–Crippen MR) is 72.1 cm³/mol. The van der Waals surface area contributed by atoms with Crippen molar-refractivity contribution >= 4 is 0 Å². The van der Waals surface area contributed by atoms with E-state index in [4.69, 9.17) is 4.74 Å². The topological polar surface area (TPSA) is 52.0 Å². The molecule has 1 N–H and O–H groups in total. The maximum absolute atomic E-state index is 5.68. The fourth-order valence-electron chi connectivity index (χ4n) is 2.52. The third-order valence-corrected chi connectivity index (χ3v) is 3.43. The third-order valence-electron chi connectivity index (χ3n) is 3.43. The minimum absolute atomic E-state index is 0.453. The summed E-state index contributed by atoms with van der Waals surface area (Å²) in [5.41, 5.74) is 2.25. The molecule has 0 saturated carbocycles. The lowest BCUT2D eigenvalue weighted by Crippen LogP contribution is -2.18. The van der Waals surface area contributed by atoms with Gasteiger partial charge in [-0.05, 0) is 25.1 Å². The van der Waals surface area contributed by atoms with E-state index in [0.29, 0.717) is 5.92 Å². The maximum Gasteiger partial charge on any atom is 0.122 e. The normalized spacial score (nSPS) is 17.8. The molecule has 0 fully saturated rings. The summed E-state index contributed by atoms with van der Waals surface area (Å²) in [6.45, 7) is 2.39. The number of para-hydroxylation sites is 1. The van der Waals surface area contributed by atoms with Crippen LogP contribution in [0.3, 0.4) is 0 Å². The van der Waals surface area contributed by atoms with Crippen LogP contribution in [0.2, 0.25) is 0 Å². The summed E-state index contributed by atoms with van der Waals surface area (Å²) in [6, 6.07) is 8.26. The summed E-state index contributed by atoms with van der Waals surface area (Å²) >= 11 is 0. The summed E-state index contributed by atoms with van der Waals surface area (Å²) in [5, 5.41) is 11.4. The average Bonchev–Trinajstić information content (AvgIpc) is 2.87. The molecule has 19 heavy (non-hydrogen) atoms. The second-order valence-corrected chi connectivity index (χ2v) is 4.83. The van der Waals surface area contributed by atoms with Crippen LogP contribution in [0.4, 0.5) is 0 Å². The van der Waals surface area contributed by atoms with Crippen LogP contribution in [0.25, 0.3) is 0 Å². The predicted octanol–water partition coefficient (Wildman–Crippen LogP) is 1.56. The van der Waals surface area contributed by atoms with Crippen LogP contribution in [-0.4, -0.2) is 28.6 Å². The fourth-order valence-corrected chi connectivity index (χ4v) is 2.52. The molecular weight excluding hydrogens is 240 g/mol. The molecule has 2 heterocycles. The standard InChI is InChI=1S/C14H18N4O/c1-15-8-12-10-18(17-16-12)9-11-6-7-19-14-5-3-2-4-13(11)14/h2-5,10-11,15H,6-9H2,1H3. The Balaban J connectivity index is 1.76. The molecule has 1 atom stereocenters. The molecule has 3 rings (SSSR count). The molecule has 1 unspecified atom stereocenters. The largest absolute Gasteiger partial charge is 0.493 e. The van der Waals surface area contributed by atoms with Crippen molar-refractivity contribution in [2.75, 3.05) is 13.7 Å². The Morgan fingerprint density at radius 1 is 1.42 bits per heavy atom. The molecule has 5 heteroatoms. The summed E-state index contributed by atoms with van der Waals surface area (Å²) < 4.78 is 7.61. The van der Waals surface area contributed by atoms with E-state index in [-0.39, 0.29) is 0 Å². The summed E-state index contributed by atoms with van der Waals surface area (Å²) in [7, 11) is 1.91. The fraction of sp³-hybridized carbons (Fsp3) is 0.429. The van der Waals surface area contributed by atoms with Crippen molar-refractivity contribution in [3.05, 3.63) is 41.7 Å². The van der Waals surface area contributed by atoms with Crippen LogP contribution < -0.4 is 10.1 Å². The van der Waals surface area contributed by atoms with Gasteiger partial charge in [0.25, 0.3) is 0 Å². The number of rotatable bonds is 4. The number of ether oxygens (including phenoxy) is 1. The van der Waals surface area contributed by atoms with Crippen molar-refractivity contribution in [3.63, 3.8) is 0 Å². The Bertz CT molecular complexity index is 552. The van der Waals surface area contributed by atoms with E-state index in [1.807, 2.05) is 30.1 Å². The third kappa shape index (κ3) is 2.61. The van der Waals surface area contributed by atoms with E-state index in [0.717, 1.165) is 37.6 Å². The molecule has 0 radical (unpaired) electrons. The lowest BCUT2D eigenvalue weighted by Gasteiger charge is -2.25. The van der Waals surface area contributed by atoms with Crippen molar-refractivity contribution in [1.29, 1.82) is 0 Å². The molecule has 5 nitrogen and oxygen atoms in total. The lowest BCUT2D eigenvalue weighted by molar-refractivity contribution is 0.256. The quantitative estimate of drug-likeness (QED) is 0.904. The SMILES string of the molecule is CNCc1cn(CC2CCOc3ccccc32)nn1. The number of hydrogen-bond acceptors (Lipinski definition) is 4. The number of hydrogen-bond donors (Lipinski definition) is 1. The van der Waals surface area contributed by atoms with E-state index in [1.54, 1.807) is 0 Å². The number of fused-ring (bicyclic) bond motifs is 1. The molecule has 1 aliphatic heterocycles. The van der Waals surface area contributed by atoms with Gasteiger partial charge in [0.1, 0.15) is 5.75 Å². The second kappa shape index (κ2) is 5.40. The molecule has 1 aliphatic rings. The molecule has 2 aromatic rings. The van der Waals surface area contributed by atoms with Crippen molar-refractivity contribution in [3.8, 4) is 5.75 Å². The van der Waals surface area contributed by atoms with Gasteiger partial charge in [0.05, 0.1) is 12.3 Å². The Kier molecular flexibility index (Phi) is 3.46. The molecular formula is C14H18N4O. The zero-order valence-corrected chi connectivity index (χ0v) is 11.0. The molecule has 0 amide bonds. The van der Waals surface area contributed by atoms with E-state index in [9.17, 15) is 0 Å². The van der Waals surface area contributed by atoms with Gasteiger partial charge < -0.3 is 10.1 Å². The first-order chi connectivity index (χ1) is 9.36. The van der Waals surface area contributed by atoms with E-state index in [2.05, 4.69) is 27.8 Å². The van der Waals surface area contributed by atoms with Crippen molar-refractivity contribution < 1.29 is 4.74 Å². The zero-order chi connectivity index (χ0) is 13.1. The monoisotopic (exact) mass is 258 g/mol. The Morgan fingerprint density at radius 2 is 2.32 bits per heavy atom. The summed E-state index contributed by atoms with van der Waals surface area (Å²) in [4.78, 5) is 0. The van der Waals surface area contributed by atoms with Crippen LogP contribution in [-0.2, 0) is 13.1 Å². The molecule has 0 bridgehead atoms. The van der Waals surface area contributed by atoms with Gasteiger partial charge in [0.2, 0.25) is 0 Å². The number of nitrogens with one attached hydrogen (secondary N) is 1. The van der Waals surface area contributed by atoms with Crippen molar-refractivity contribution in [2.45, 2.75) is 25.4 Å². The number of benzene rings is 1. The van der Waals surface area contributed by atoms with Gasteiger partial charge in [-0.25, -0.2) is 0 Å². The summed E-state index contributed by atoms with van der Waals surface area (Å²) in [5.74, 6) is 1.46. The molecule has 0 aliphatic carbocycles. The van der Waals surface area contributed by atoms with Crippen LogP contribution in [0.15, 0.2) is 30.5 Å². The minimum Gasteiger partial charge on any atom is -0.493 e. The van der Waals surface area contributed by atoms with Gasteiger partial charge in [-0.3, -0.25) is 4.68 Å². The van der Waals surface area contributed by atoms with Gasteiger partial charge in [-0.2, -0.15) is 0 Å². The van der Waals surface area contributed by atoms with Crippen molar-refractivity contribution in [1.82, 2.24) is 20.3 Å². The van der Waals surface area contributed by atoms with Crippen LogP contribution in [0.5, 0.6) is 5.75 Å². The molecule has 0 saturated heterocycles. The molecule has 0 spiro atoms. The molecule has 100 valence electrons. The van der Waals surface area contributed by atoms with Gasteiger partial charge in [0, 0.05) is 25.2 Å². The minimum atomic E-state index is 0.453. The van der Waals surface area contributed by atoms with Crippen LogP contribution in [0.1, 0.15) is 23.6 Å². The van der Waals surface area contributed by atoms with Crippen molar-refractivity contribution in [2.24, 2.45) is 0 Å². The molecule has 1 aromatic carbocycles. The van der Waals surface area contributed by atoms with Crippen LogP contribution >= 0.6 is 0 Å². The van der Waals surface area contributed by atoms with Gasteiger partial charge in [0.15, 0.2) is 0 Å². The highest BCUT2D eigenvalue weighted by molar-refractivity contribution is 5.37. The molecule has 1 aromatic heterocycles. The maximum atomic E-state index is 5.68. The first kappa shape index (κ1) is 12.2. The zero-order valence-electron chi connectivity index (χ0n) is 11.0. The Labute approximate surface area is 112 Å². The smallest absolute Gasteiger partial charge is 0.122 e. The van der Waals surface area contributed by atoms with Gasteiger partial charge in [-0.1, -0.05) is 23.4 Å². The summed E-state index contributed by atoms with van der Waals surface area (Å²) in [6.07, 6.45) is 3.03. The Hall–Kier alpha value is -1.88. The van der Waals surface area contributed by atoms with E-state index in [1.165, 1.54) is 5.56 Å². The second-order valence-electron chi connectivity index (χ2n) is 4.83. The first-order valence-corrected chi connectivity index (χ1v) is 6.62. The number of aromatic nitrogens is 3. The van der Waals surface area contributed by atoms with Crippen LogP contribution in [0, 0.1) is 0 Å². The average molecular weight is 258 g/mol.